The van der Waals surface area contributed by atoms with Crippen LogP contribution in [0.25, 0.3) is 0 Å². The summed E-state index contributed by atoms with van der Waals surface area (Å²) in [6, 6.07) is 0. The zero-order chi connectivity index (χ0) is 19.3. The molecule has 0 unspecified atom stereocenters. The van der Waals surface area contributed by atoms with Crippen LogP contribution in [0.2, 0.25) is 0 Å². The van der Waals surface area contributed by atoms with Crippen molar-refractivity contribution in [1.82, 2.24) is 0 Å². The third kappa shape index (κ3) is 17.5. The molecule has 0 heterocycles. The average Bonchev–Trinajstić information content (AvgIpc) is 2.26. The fourth-order valence-electron chi connectivity index (χ4n) is 4.00. The topological polar surface area (TPSA) is 0 Å². The number of halogens is 2. The molecule has 0 amide bonds. The summed E-state index contributed by atoms with van der Waals surface area (Å²) in [6.07, 6.45) is 0. The molecule has 0 aliphatic rings. The first kappa shape index (κ1) is 30.1. The molecular weight excluding hydrogens is 497 g/mol. The van der Waals surface area contributed by atoms with Crippen LogP contribution in [-0.4, -0.2) is 34.0 Å². The van der Waals surface area contributed by atoms with E-state index < -0.39 is 0 Å². The van der Waals surface area contributed by atoms with Gasteiger partial charge in [0.15, 0.2) is 0 Å². The van der Waals surface area contributed by atoms with Gasteiger partial charge in [0.2, 0.25) is 0 Å². The van der Waals surface area contributed by atoms with Crippen molar-refractivity contribution in [2.75, 3.05) is 0 Å². The summed E-state index contributed by atoms with van der Waals surface area (Å²) in [5, 5.41) is 0. The van der Waals surface area contributed by atoms with Crippen LogP contribution in [0.1, 0.15) is 83.1 Å². The van der Waals surface area contributed by atoms with Gasteiger partial charge in [-0.05, 0) is 83.1 Å². The second-order valence-corrected chi connectivity index (χ2v) is 21.9. The van der Waals surface area contributed by atoms with Crippen LogP contribution in [0, 0.1) is 0 Å². The van der Waals surface area contributed by atoms with Gasteiger partial charge in [0, 0.05) is 15.8 Å². The number of hydrogen-bond donors (Lipinski definition) is 0. The molecule has 0 aromatic rings. The predicted octanol–water partition coefficient (Wildman–Crippen LogP) is 8.54. The van der Waals surface area contributed by atoms with Gasteiger partial charge in [-0.3, -0.25) is 0 Å². The van der Waals surface area contributed by atoms with Crippen LogP contribution >= 0.6 is 44.3 Å². The molecule has 23 heavy (non-hydrogen) atoms. The molecule has 0 aliphatic carbocycles. The Bertz CT molecular complexity index is 183. The summed E-state index contributed by atoms with van der Waals surface area (Å²) < 4.78 is 0. The maximum absolute atomic E-state index is 3.00. The van der Waals surface area contributed by atoms with Gasteiger partial charge in [-0.25, -0.2) is 0 Å². The second-order valence-electron chi connectivity index (χ2n) is 7.97. The van der Waals surface area contributed by atoms with E-state index in [-0.39, 0.29) is 15.8 Å². The van der Waals surface area contributed by atoms with Crippen molar-refractivity contribution >= 4 is 44.3 Å². The molecular formula is C18H44Br2NiP2+2. The monoisotopic (exact) mass is 538 g/mol. The first-order valence-corrected chi connectivity index (χ1v) is 17.2. The normalized spacial score (nSPS) is 11.9. The fourth-order valence-corrected chi connectivity index (χ4v) is 12.0. The van der Waals surface area contributed by atoms with Crippen LogP contribution in [-0.2, 0) is 10.9 Å². The minimum absolute atomic E-state index is 0.0957. The molecule has 0 radical (unpaired) electrons. The molecule has 0 aromatic heterocycles. The second kappa shape index (κ2) is 17.7. The average molecular weight is 541 g/mol. The first-order valence-electron chi connectivity index (χ1n) is 8.90. The number of hydrogen-bond acceptors (Lipinski definition) is 0. The van der Waals surface area contributed by atoms with Gasteiger partial charge in [-0.15, -0.1) is 0 Å². The zero-order valence-electron chi connectivity index (χ0n) is 17.5. The SMILES string of the molecule is CC(C)[PH+](C(C)C)C(C)C.CC(C)[PH+](C(C)C)C(C)C.[Br][Ni][Br]. The Morgan fingerprint density at radius 2 is 0.522 bits per heavy atom. The van der Waals surface area contributed by atoms with Crippen LogP contribution < -0.4 is 0 Å². The van der Waals surface area contributed by atoms with Gasteiger partial charge in [-0.2, -0.15) is 0 Å². The van der Waals surface area contributed by atoms with Crippen LogP contribution in [0.3, 0.4) is 0 Å². The molecule has 0 saturated carbocycles. The van der Waals surface area contributed by atoms with E-state index in [2.05, 4.69) is 112 Å². The third-order valence-electron chi connectivity index (χ3n) is 4.00. The van der Waals surface area contributed by atoms with Crippen molar-refractivity contribution in [2.45, 2.75) is 117 Å². The molecule has 0 fully saturated rings. The molecule has 5 heteroatoms. The maximum atomic E-state index is 3.00. The quantitative estimate of drug-likeness (QED) is 0.234. The summed E-state index contributed by atoms with van der Waals surface area (Å²) >= 11 is 6.00. The van der Waals surface area contributed by atoms with E-state index in [0.717, 1.165) is 34.0 Å². The summed E-state index contributed by atoms with van der Waals surface area (Å²) in [4.78, 5) is 0. The Kier molecular flexibility index (Phi) is 23.1. The zero-order valence-corrected chi connectivity index (χ0v) is 23.7. The summed E-state index contributed by atoms with van der Waals surface area (Å²) in [6.45, 7) is 28.4. The Balaban J connectivity index is -0.000000297. The Morgan fingerprint density at radius 3 is 0.522 bits per heavy atom. The molecule has 0 atom stereocenters. The van der Waals surface area contributed by atoms with E-state index in [1.807, 2.05) is 0 Å². The van der Waals surface area contributed by atoms with Gasteiger partial charge in [0.25, 0.3) is 0 Å². The van der Waals surface area contributed by atoms with E-state index >= 15 is 0 Å². The molecule has 0 aromatic carbocycles. The van der Waals surface area contributed by atoms with Crippen molar-refractivity contribution in [3.63, 3.8) is 0 Å². The van der Waals surface area contributed by atoms with Gasteiger partial charge in [-0.1, -0.05) is 0 Å². The molecule has 0 bridgehead atoms. The fraction of sp³-hybridized carbons (Fsp3) is 1.00. The van der Waals surface area contributed by atoms with E-state index in [4.69, 9.17) is 0 Å². The number of rotatable bonds is 6. The first-order chi connectivity index (χ1) is 10.3. The van der Waals surface area contributed by atoms with E-state index in [0.29, 0.717) is 0 Å². The molecule has 0 aliphatic heterocycles. The van der Waals surface area contributed by atoms with Crippen molar-refractivity contribution in [3.05, 3.63) is 0 Å². The van der Waals surface area contributed by atoms with Crippen molar-refractivity contribution in [3.8, 4) is 0 Å². The molecule has 0 saturated heterocycles. The Hall–Kier alpha value is 2.31. The van der Waals surface area contributed by atoms with Crippen molar-refractivity contribution in [1.29, 1.82) is 0 Å². The molecule has 0 rings (SSSR count). The van der Waals surface area contributed by atoms with Crippen LogP contribution in [0.15, 0.2) is 0 Å². The van der Waals surface area contributed by atoms with Crippen molar-refractivity contribution in [2.24, 2.45) is 0 Å². The predicted molar refractivity (Wildman–Crippen MR) is 125 cm³/mol. The molecule has 148 valence electrons. The Morgan fingerprint density at radius 1 is 0.435 bits per heavy atom. The van der Waals surface area contributed by atoms with Gasteiger partial charge in [0.05, 0.1) is 34.0 Å². The van der Waals surface area contributed by atoms with Crippen LogP contribution in [0.4, 0.5) is 0 Å². The van der Waals surface area contributed by atoms with E-state index in [9.17, 15) is 0 Å². The summed E-state index contributed by atoms with van der Waals surface area (Å²) in [7, 11) is 1.06. The molecule has 0 N–H and O–H groups in total. The van der Waals surface area contributed by atoms with E-state index in [1.165, 1.54) is 10.9 Å². The summed E-state index contributed by atoms with van der Waals surface area (Å²) in [5.41, 5.74) is 5.61. The molecule has 0 nitrogen and oxygen atoms in total. The minimum atomic E-state index is -0.0957. The standard InChI is InChI=1S/2C9H21P.2BrH.Ni/c2*1-7(2)10(8(3)4)9(5)6;;;/h2*7-9H,1-6H3;2*1H;/q;;;;+2. The third-order valence-corrected chi connectivity index (χ3v) is 12.0. The van der Waals surface area contributed by atoms with Crippen LogP contribution in [0.5, 0.6) is 0 Å². The Labute approximate surface area is 171 Å². The molecule has 0 spiro atoms. The van der Waals surface area contributed by atoms with Gasteiger partial charge >= 0.3 is 39.3 Å². The van der Waals surface area contributed by atoms with E-state index in [1.54, 1.807) is 0 Å². The summed E-state index contributed by atoms with van der Waals surface area (Å²) in [5.74, 6) is 0. The van der Waals surface area contributed by atoms with Gasteiger partial charge in [0.1, 0.15) is 0 Å². The van der Waals surface area contributed by atoms with Gasteiger partial charge < -0.3 is 0 Å². The van der Waals surface area contributed by atoms with Crippen molar-refractivity contribution < 1.29 is 10.9 Å².